The lowest BCUT2D eigenvalue weighted by atomic mass is 10.4. The average Bonchev–Trinajstić information content (AvgIpc) is 2.37. The van der Waals surface area contributed by atoms with E-state index in [0.717, 1.165) is 6.33 Å². The standard InChI is InChI=1S/C10H5BrCl3N3O2S/c11-6-3-5(1-2-7(6)12)20(18,19)17-8-9(13)15-4-16-10(8)14/h1-4,17H. The Balaban J connectivity index is 2.43. The van der Waals surface area contributed by atoms with Crippen molar-refractivity contribution in [2.24, 2.45) is 0 Å². The molecule has 2 aromatic rings. The fourth-order valence-electron chi connectivity index (χ4n) is 1.27. The molecule has 2 rings (SSSR count). The van der Waals surface area contributed by atoms with Crippen molar-refractivity contribution in [3.05, 3.63) is 44.3 Å². The molecule has 0 fully saturated rings. The molecule has 10 heteroatoms. The van der Waals surface area contributed by atoms with Crippen molar-refractivity contribution < 1.29 is 8.42 Å². The highest BCUT2D eigenvalue weighted by Gasteiger charge is 2.19. The van der Waals surface area contributed by atoms with E-state index in [2.05, 4.69) is 30.6 Å². The largest absolute Gasteiger partial charge is 0.274 e. The summed E-state index contributed by atoms with van der Waals surface area (Å²) in [5.74, 6) is 0. The summed E-state index contributed by atoms with van der Waals surface area (Å²) in [6.07, 6.45) is 1.13. The Hall–Kier alpha value is -0.600. The Morgan fingerprint density at radius 3 is 2.25 bits per heavy atom. The first-order valence-corrected chi connectivity index (χ1v) is 8.36. The molecule has 0 saturated heterocycles. The summed E-state index contributed by atoms with van der Waals surface area (Å²) < 4.78 is 27.1. The molecule has 0 aliphatic rings. The third kappa shape index (κ3) is 3.35. The van der Waals surface area contributed by atoms with Gasteiger partial charge < -0.3 is 0 Å². The third-order valence-corrected chi connectivity index (χ3v) is 5.33. The molecule has 1 N–H and O–H groups in total. The number of halogens is 4. The van der Waals surface area contributed by atoms with Crippen LogP contribution in [0.15, 0.2) is 33.9 Å². The first kappa shape index (κ1) is 15.8. The zero-order valence-corrected chi connectivity index (χ0v) is 14.1. The molecule has 0 bridgehead atoms. The van der Waals surface area contributed by atoms with E-state index in [9.17, 15) is 8.42 Å². The fourth-order valence-corrected chi connectivity index (χ4v) is 3.54. The van der Waals surface area contributed by atoms with Crippen LogP contribution in [0, 0.1) is 0 Å². The van der Waals surface area contributed by atoms with Gasteiger partial charge in [-0.25, -0.2) is 18.4 Å². The van der Waals surface area contributed by atoms with Crippen molar-refractivity contribution in [2.75, 3.05) is 4.72 Å². The second kappa shape index (κ2) is 6.03. The van der Waals surface area contributed by atoms with Gasteiger partial charge in [-0.05, 0) is 34.1 Å². The number of rotatable bonds is 3. The van der Waals surface area contributed by atoms with E-state index in [-0.39, 0.29) is 20.9 Å². The Labute approximate surface area is 138 Å². The van der Waals surface area contributed by atoms with Gasteiger partial charge in [0.2, 0.25) is 0 Å². The summed E-state index contributed by atoms with van der Waals surface area (Å²) in [7, 11) is -3.89. The van der Waals surface area contributed by atoms with Crippen molar-refractivity contribution in [1.82, 2.24) is 9.97 Å². The molecule has 0 aliphatic heterocycles. The minimum atomic E-state index is -3.89. The van der Waals surface area contributed by atoms with Crippen LogP contribution in [0.4, 0.5) is 5.69 Å². The monoisotopic (exact) mass is 415 g/mol. The molecule has 1 heterocycles. The lowest BCUT2D eigenvalue weighted by Gasteiger charge is -2.10. The SMILES string of the molecule is O=S(=O)(Nc1c(Cl)ncnc1Cl)c1ccc(Cl)c(Br)c1. The van der Waals surface area contributed by atoms with Gasteiger partial charge in [0.15, 0.2) is 10.3 Å². The molecule has 1 aromatic carbocycles. The average molecular weight is 417 g/mol. The maximum atomic E-state index is 12.2. The Morgan fingerprint density at radius 2 is 1.70 bits per heavy atom. The Bertz CT molecular complexity index is 750. The summed E-state index contributed by atoms with van der Waals surface area (Å²) in [6, 6.07) is 4.15. The highest BCUT2D eigenvalue weighted by Crippen LogP contribution is 2.30. The molecule has 0 aliphatic carbocycles. The summed E-state index contributed by atoms with van der Waals surface area (Å²) in [4.78, 5) is 7.31. The van der Waals surface area contributed by atoms with Crippen molar-refractivity contribution >= 4 is 66.4 Å². The van der Waals surface area contributed by atoms with Crippen LogP contribution in [0.5, 0.6) is 0 Å². The zero-order chi connectivity index (χ0) is 14.9. The molecule has 0 saturated carbocycles. The predicted octanol–water partition coefficient (Wildman–Crippen LogP) is 4.00. The zero-order valence-electron chi connectivity index (χ0n) is 9.44. The summed E-state index contributed by atoms with van der Waals surface area (Å²) in [5, 5.41) is 0.200. The van der Waals surface area contributed by atoms with Crippen molar-refractivity contribution in [3.8, 4) is 0 Å². The molecule has 0 radical (unpaired) electrons. The minimum absolute atomic E-state index is 0.00948. The van der Waals surface area contributed by atoms with E-state index in [4.69, 9.17) is 34.8 Å². The van der Waals surface area contributed by atoms with E-state index >= 15 is 0 Å². The lowest BCUT2D eigenvalue weighted by Crippen LogP contribution is -2.14. The highest BCUT2D eigenvalue weighted by atomic mass is 79.9. The molecule has 0 atom stereocenters. The molecular formula is C10H5BrCl3N3O2S. The van der Waals surface area contributed by atoms with Crippen LogP contribution >= 0.6 is 50.7 Å². The molecule has 0 spiro atoms. The molecule has 5 nitrogen and oxygen atoms in total. The van der Waals surface area contributed by atoms with Gasteiger partial charge in [0.05, 0.1) is 9.92 Å². The van der Waals surface area contributed by atoms with Gasteiger partial charge in [-0.3, -0.25) is 4.72 Å². The van der Waals surface area contributed by atoms with E-state index in [1.165, 1.54) is 18.2 Å². The molecule has 0 unspecified atom stereocenters. The minimum Gasteiger partial charge on any atom is -0.274 e. The quantitative estimate of drug-likeness (QED) is 0.767. The smallest absolute Gasteiger partial charge is 0.262 e. The molecule has 0 amide bonds. The van der Waals surface area contributed by atoms with Crippen LogP contribution in [0.25, 0.3) is 0 Å². The van der Waals surface area contributed by atoms with Gasteiger partial charge >= 0.3 is 0 Å². The molecule has 106 valence electrons. The predicted molar refractivity (Wildman–Crippen MR) is 82.0 cm³/mol. The van der Waals surface area contributed by atoms with Gasteiger partial charge in [0, 0.05) is 4.47 Å². The maximum absolute atomic E-state index is 12.2. The van der Waals surface area contributed by atoms with Gasteiger partial charge in [0.25, 0.3) is 10.0 Å². The van der Waals surface area contributed by atoms with Crippen molar-refractivity contribution in [3.63, 3.8) is 0 Å². The first-order chi connectivity index (χ1) is 9.31. The molecule has 20 heavy (non-hydrogen) atoms. The fraction of sp³-hybridized carbons (Fsp3) is 0. The van der Waals surface area contributed by atoms with Crippen LogP contribution in [0.2, 0.25) is 15.3 Å². The highest BCUT2D eigenvalue weighted by molar-refractivity contribution is 9.10. The number of benzene rings is 1. The molecular weight excluding hydrogens is 412 g/mol. The Morgan fingerprint density at radius 1 is 1.10 bits per heavy atom. The van der Waals surface area contributed by atoms with E-state index < -0.39 is 10.0 Å². The second-order valence-corrected chi connectivity index (χ2v) is 7.17. The number of nitrogens with zero attached hydrogens (tertiary/aromatic N) is 2. The van der Waals surface area contributed by atoms with E-state index in [0.29, 0.717) is 9.50 Å². The number of anilines is 1. The van der Waals surface area contributed by atoms with E-state index in [1.807, 2.05) is 0 Å². The topological polar surface area (TPSA) is 72.0 Å². The maximum Gasteiger partial charge on any atom is 0.262 e. The van der Waals surface area contributed by atoms with Gasteiger partial charge in [0.1, 0.15) is 12.0 Å². The summed E-state index contributed by atoms with van der Waals surface area (Å²) in [5.41, 5.74) is -0.0816. The summed E-state index contributed by atoms with van der Waals surface area (Å²) >= 11 is 20.5. The normalized spacial score (nSPS) is 11.4. The van der Waals surface area contributed by atoms with Crippen LogP contribution in [-0.2, 0) is 10.0 Å². The van der Waals surface area contributed by atoms with Crippen LogP contribution in [-0.4, -0.2) is 18.4 Å². The number of sulfonamides is 1. The van der Waals surface area contributed by atoms with Gasteiger partial charge in [-0.15, -0.1) is 0 Å². The third-order valence-electron chi connectivity index (χ3n) is 2.19. The number of hydrogen-bond donors (Lipinski definition) is 1. The second-order valence-electron chi connectivity index (χ2n) is 3.51. The number of nitrogens with one attached hydrogen (secondary N) is 1. The van der Waals surface area contributed by atoms with Gasteiger partial charge in [-0.2, -0.15) is 0 Å². The van der Waals surface area contributed by atoms with E-state index in [1.54, 1.807) is 0 Å². The van der Waals surface area contributed by atoms with Crippen LogP contribution in [0.1, 0.15) is 0 Å². The van der Waals surface area contributed by atoms with Crippen molar-refractivity contribution in [1.29, 1.82) is 0 Å². The Kier molecular flexibility index (Phi) is 4.76. The van der Waals surface area contributed by atoms with Gasteiger partial charge in [-0.1, -0.05) is 34.8 Å². The van der Waals surface area contributed by atoms with Crippen LogP contribution < -0.4 is 4.72 Å². The number of hydrogen-bond acceptors (Lipinski definition) is 4. The summed E-state index contributed by atoms with van der Waals surface area (Å²) in [6.45, 7) is 0. The first-order valence-electron chi connectivity index (χ1n) is 4.95. The molecule has 1 aromatic heterocycles. The van der Waals surface area contributed by atoms with Crippen LogP contribution in [0.3, 0.4) is 0 Å². The van der Waals surface area contributed by atoms with Crippen molar-refractivity contribution in [2.45, 2.75) is 4.90 Å². The number of aromatic nitrogens is 2. The lowest BCUT2D eigenvalue weighted by molar-refractivity contribution is 0.601.